The van der Waals surface area contributed by atoms with Gasteiger partial charge in [0.1, 0.15) is 11.8 Å². The number of ketones is 1. The smallest absolute Gasteiger partial charge is 0.240 e. The summed E-state index contributed by atoms with van der Waals surface area (Å²) < 4.78 is 5.74. The molecule has 6 rings (SSSR count). The molecule has 3 heterocycles. The van der Waals surface area contributed by atoms with Gasteiger partial charge in [0.2, 0.25) is 11.8 Å². The standard InChI is InChI=1S/C30H26ClN3O4/c1-2-3-16-38-22-14-12-21(13-15-22)33-29(36)24-25(30(33)37)27(28(35)18-8-10-20(31)11-9-18)34-26(24)23-7-5-4-6-19(23)17-32-34/h4-15,17,24-27H,2-3,16H2,1H3. The van der Waals surface area contributed by atoms with E-state index >= 15 is 0 Å². The van der Waals surface area contributed by atoms with Crippen LogP contribution in [0.4, 0.5) is 5.69 Å². The molecule has 7 nitrogen and oxygen atoms in total. The predicted octanol–water partition coefficient (Wildman–Crippen LogP) is 5.28. The van der Waals surface area contributed by atoms with Crippen molar-refractivity contribution in [3.05, 3.63) is 94.5 Å². The number of carbonyl (C=O) groups excluding carboxylic acids is 3. The summed E-state index contributed by atoms with van der Waals surface area (Å²) in [5, 5.41) is 6.76. The van der Waals surface area contributed by atoms with Gasteiger partial charge in [-0.3, -0.25) is 19.4 Å². The van der Waals surface area contributed by atoms with Gasteiger partial charge < -0.3 is 4.74 Å². The topological polar surface area (TPSA) is 79.3 Å². The summed E-state index contributed by atoms with van der Waals surface area (Å²) in [6, 6.07) is 19.8. The molecule has 2 amide bonds. The molecule has 3 aliphatic rings. The average molecular weight is 528 g/mol. The molecule has 0 bridgehead atoms. The molecule has 0 N–H and O–H groups in total. The molecule has 192 valence electrons. The van der Waals surface area contributed by atoms with Gasteiger partial charge in [0.05, 0.1) is 36.4 Å². The van der Waals surface area contributed by atoms with E-state index in [2.05, 4.69) is 12.0 Å². The summed E-state index contributed by atoms with van der Waals surface area (Å²) in [6.45, 7) is 2.70. The lowest BCUT2D eigenvalue weighted by Crippen LogP contribution is -2.44. The first-order valence-electron chi connectivity index (χ1n) is 12.8. The van der Waals surface area contributed by atoms with Crippen LogP contribution in [0, 0.1) is 11.8 Å². The van der Waals surface area contributed by atoms with Gasteiger partial charge >= 0.3 is 0 Å². The van der Waals surface area contributed by atoms with Crippen LogP contribution in [0.3, 0.4) is 0 Å². The Bertz CT molecular complexity index is 1440. The Morgan fingerprint density at radius 3 is 2.39 bits per heavy atom. The maximum Gasteiger partial charge on any atom is 0.240 e. The molecule has 2 saturated heterocycles. The molecule has 0 aliphatic carbocycles. The summed E-state index contributed by atoms with van der Waals surface area (Å²) in [5.41, 5.74) is 2.64. The van der Waals surface area contributed by atoms with Gasteiger partial charge in [0.15, 0.2) is 5.78 Å². The Kier molecular flexibility index (Phi) is 6.24. The van der Waals surface area contributed by atoms with Crippen molar-refractivity contribution in [2.24, 2.45) is 16.9 Å². The van der Waals surface area contributed by atoms with Crippen molar-refractivity contribution in [1.29, 1.82) is 0 Å². The highest BCUT2D eigenvalue weighted by Crippen LogP contribution is 2.53. The molecule has 0 radical (unpaired) electrons. The first kappa shape index (κ1) is 24.4. The van der Waals surface area contributed by atoms with Gasteiger partial charge in [-0.05, 0) is 66.1 Å². The second-order valence-electron chi connectivity index (χ2n) is 9.77. The first-order valence-corrected chi connectivity index (χ1v) is 13.2. The lowest BCUT2D eigenvalue weighted by molar-refractivity contribution is -0.124. The van der Waals surface area contributed by atoms with Gasteiger partial charge in [-0.15, -0.1) is 0 Å². The number of Topliss-reactive ketones (excluding diaryl/α,β-unsaturated/α-hetero) is 1. The number of hydrogen-bond acceptors (Lipinski definition) is 6. The third-order valence-corrected chi connectivity index (χ3v) is 7.80. The molecule has 0 spiro atoms. The van der Waals surface area contributed by atoms with Gasteiger partial charge in [-0.25, -0.2) is 4.90 Å². The minimum absolute atomic E-state index is 0.265. The zero-order valence-corrected chi connectivity index (χ0v) is 21.5. The number of nitrogens with zero attached hydrogens (tertiary/aromatic N) is 3. The van der Waals surface area contributed by atoms with Crippen LogP contribution in [0.1, 0.15) is 47.3 Å². The lowest BCUT2D eigenvalue weighted by Gasteiger charge is -2.33. The van der Waals surface area contributed by atoms with Crippen LogP contribution in [0.15, 0.2) is 77.9 Å². The summed E-state index contributed by atoms with van der Waals surface area (Å²) >= 11 is 6.05. The van der Waals surface area contributed by atoms with Crippen LogP contribution in [-0.4, -0.2) is 41.5 Å². The third kappa shape index (κ3) is 3.89. The van der Waals surface area contributed by atoms with Crippen molar-refractivity contribution in [3.63, 3.8) is 0 Å². The molecule has 4 atom stereocenters. The number of rotatable bonds is 7. The molecule has 8 heteroatoms. The summed E-state index contributed by atoms with van der Waals surface area (Å²) in [5.74, 6) is -1.93. The second kappa shape index (κ2) is 9.72. The Balaban J connectivity index is 1.39. The Hall–Kier alpha value is -3.97. The van der Waals surface area contributed by atoms with Crippen molar-refractivity contribution in [2.75, 3.05) is 11.5 Å². The van der Waals surface area contributed by atoms with Gasteiger partial charge in [0, 0.05) is 10.6 Å². The summed E-state index contributed by atoms with van der Waals surface area (Å²) in [4.78, 5) is 43.0. The molecule has 3 aliphatic heterocycles. The van der Waals surface area contributed by atoms with Crippen LogP contribution in [0.2, 0.25) is 5.02 Å². The SMILES string of the molecule is CCCCOc1ccc(N2C(=O)C3C(C2=O)C2c4ccccc4C=NN2C3C(=O)c2ccc(Cl)cc2)cc1. The fourth-order valence-electron chi connectivity index (χ4n) is 5.73. The van der Waals surface area contributed by atoms with E-state index in [1.165, 1.54) is 4.90 Å². The first-order chi connectivity index (χ1) is 18.5. The molecule has 38 heavy (non-hydrogen) atoms. The minimum Gasteiger partial charge on any atom is -0.494 e. The molecule has 3 aromatic carbocycles. The van der Waals surface area contributed by atoms with Crippen LogP contribution in [-0.2, 0) is 9.59 Å². The minimum atomic E-state index is -0.922. The Labute approximate surface area is 225 Å². The Morgan fingerprint density at radius 2 is 1.66 bits per heavy atom. The molecular formula is C30H26ClN3O4. The van der Waals surface area contributed by atoms with Gasteiger partial charge in [-0.2, -0.15) is 5.10 Å². The van der Waals surface area contributed by atoms with Crippen molar-refractivity contribution in [1.82, 2.24) is 5.01 Å². The van der Waals surface area contributed by atoms with Crippen molar-refractivity contribution < 1.29 is 19.1 Å². The average Bonchev–Trinajstić information content (AvgIpc) is 3.41. The fourth-order valence-corrected chi connectivity index (χ4v) is 5.86. The number of benzene rings is 3. The van der Waals surface area contributed by atoms with E-state index in [1.807, 2.05) is 24.3 Å². The number of hydrazone groups is 1. The van der Waals surface area contributed by atoms with E-state index in [0.717, 1.165) is 24.0 Å². The predicted molar refractivity (Wildman–Crippen MR) is 145 cm³/mol. The fraction of sp³-hybridized carbons (Fsp3) is 0.267. The third-order valence-electron chi connectivity index (χ3n) is 7.55. The van der Waals surface area contributed by atoms with Crippen molar-refractivity contribution in [2.45, 2.75) is 31.8 Å². The zero-order chi connectivity index (χ0) is 26.4. The van der Waals surface area contributed by atoms with Crippen molar-refractivity contribution >= 4 is 41.1 Å². The number of anilines is 1. The monoisotopic (exact) mass is 527 g/mol. The number of imide groups is 1. The molecule has 0 aromatic heterocycles. The Morgan fingerprint density at radius 1 is 0.947 bits per heavy atom. The van der Waals surface area contributed by atoms with Crippen LogP contribution < -0.4 is 9.64 Å². The van der Waals surface area contributed by atoms with Crippen LogP contribution >= 0.6 is 11.6 Å². The number of hydrogen-bond donors (Lipinski definition) is 0. The van der Waals surface area contributed by atoms with Crippen LogP contribution in [0.5, 0.6) is 5.75 Å². The number of amides is 2. The van der Waals surface area contributed by atoms with Crippen molar-refractivity contribution in [3.8, 4) is 5.75 Å². The quantitative estimate of drug-likeness (QED) is 0.237. The number of unbranched alkanes of at least 4 members (excludes halogenated alkanes) is 1. The van der Waals surface area contributed by atoms with E-state index in [1.54, 1.807) is 59.8 Å². The van der Waals surface area contributed by atoms with Gasteiger partial charge in [-0.1, -0.05) is 49.2 Å². The zero-order valence-electron chi connectivity index (χ0n) is 20.8. The maximum absolute atomic E-state index is 14.0. The highest BCUT2D eigenvalue weighted by atomic mass is 35.5. The maximum atomic E-state index is 14.0. The van der Waals surface area contributed by atoms with E-state index in [4.69, 9.17) is 16.3 Å². The number of fused-ring (bicyclic) bond motifs is 5. The molecule has 0 saturated carbocycles. The molecule has 2 fully saturated rings. The van der Waals surface area contributed by atoms with E-state index in [-0.39, 0.29) is 11.7 Å². The molecular weight excluding hydrogens is 502 g/mol. The lowest BCUT2D eigenvalue weighted by atomic mass is 9.83. The number of ether oxygens (including phenoxy) is 1. The highest BCUT2D eigenvalue weighted by Gasteiger charge is 2.65. The number of carbonyl (C=O) groups is 3. The van der Waals surface area contributed by atoms with Crippen LogP contribution in [0.25, 0.3) is 0 Å². The number of halogens is 1. The largest absolute Gasteiger partial charge is 0.494 e. The van der Waals surface area contributed by atoms with E-state index < -0.39 is 29.8 Å². The molecule has 4 unspecified atom stereocenters. The summed E-state index contributed by atoms with van der Waals surface area (Å²) in [6.07, 6.45) is 3.66. The normalized spacial score (nSPS) is 23.3. The highest BCUT2D eigenvalue weighted by molar-refractivity contribution is 6.30. The summed E-state index contributed by atoms with van der Waals surface area (Å²) in [7, 11) is 0. The van der Waals surface area contributed by atoms with E-state index in [9.17, 15) is 14.4 Å². The van der Waals surface area contributed by atoms with Gasteiger partial charge in [0.25, 0.3) is 0 Å². The van der Waals surface area contributed by atoms with E-state index in [0.29, 0.717) is 28.6 Å². The second-order valence-corrected chi connectivity index (χ2v) is 10.2. The molecule has 3 aromatic rings.